The van der Waals surface area contributed by atoms with E-state index in [9.17, 15) is 29.4 Å². The molecule has 0 saturated carbocycles. The number of rotatable bonds is 11. The summed E-state index contributed by atoms with van der Waals surface area (Å²) >= 11 is 0. The lowest BCUT2D eigenvalue weighted by Gasteiger charge is -2.35. The lowest BCUT2D eigenvalue weighted by Crippen LogP contribution is -2.47. The first-order valence-corrected chi connectivity index (χ1v) is 15.5. The molecular weight excluding hydrogens is 590 g/mol. The zero-order valence-corrected chi connectivity index (χ0v) is 25.7. The van der Waals surface area contributed by atoms with Crippen LogP contribution in [0.1, 0.15) is 60.9 Å². The Morgan fingerprint density at radius 3 is 2.61 bits per heavy atom. The number of cyclic esters (lactones) is 1. The Kier molecular flexibility index (Phi) is 8.35. The molecule has 4 aromatic rings. The standard InChI is InChI=1S/C35H35N3O8/c1-3-22-23-16-21(39)12-13-27(23)37-31-24(22)18-38-29(31)17-26-25(32(38)41)19-45-34(44)35(26,4-2)46-30(40)11-8-14-36-28(33(42)43)15-20-9-6-5-7-10-20/h5-7,9-10,12-13,16-17,28,36,39H,3-4,8,11,14-15,18-19H2,1-2H3,(H,42,43). The van der Waals surface area contributed by atoms with E-state index >= 15 is 0 Å². The first-order valence-electron chi connectivity index (χ1n) is 15.5. The predicted octanol–water partition coefficient (Wildman–Crippen LogP) is 3.96. The fraction of sp³-hybridized carbons (Fsp3) is 0.343. The van der Waals surface area contributed by atoms with E-state index in [1.807, 2.05) is 37.3 Å². The minimum atomic E-state index is -1.82. The zero-order valence-electron chi connectivity index (χ0n) is 25.7. The maximum Gasteiger partial charge on any atom is 0.355 e. The SMILES string of the molecule is CCc1c2c(nc3ccc(O)cc13)-c1cc3c(c(=O)n1C2)COC(=O)C3(CC)OC(=O)CCCNC(Cc1ccccc1)C(=O)O. The van der Waals surface area contributed by atoms with Crippen LogP contribution < -0.4 is 10.9 Å². The van der Waals surface area contributed by atoms with Crippen LogP contribution in [0.4, 0.5) is 0 Å². The number of phenolic OH excluding ortho intramolecular Hbond substituents is 1. The van der Waals surface area contributed by atoms with E-state index in [4.69, 9.17) is 14.5 Å². The number of aromatic hydroxyl groups is 1. The molecule has 2 aliphatic heterocycles. The van der Waals surface area contributed by atoms with E-state index in [1.165, 1.54) is 0 Å². The van der Waals surface area contributed by atoms with Crippen molar-refractivity contribution in [2.75, 3.05) is 6.54 Å². The van der Waals surface area contributed by atoms with Crippen molar-refractivity contribution in [3.8, 4) is 17.1 Å². The molecule has 0 radical (unpaired) electrons. The van der Waals surface area contributed by atoms with Crippen LogP contribution >= 0.6 is 0 Å². The molecular formula is C35H35N3O8. The number of carboxylic acid groups (broad SMARTS) is 1. The number of fused-ring (bicyclic) bond motifs is 5. The molecule has 238 valence electrons. The van der Waals surface area contributed by atoms with Gasteiger partial charge in [-0.25, -0.2) is 9.78 Å². The van der Waals surface area contributed by atoms with Crippen molar-refractivity contribution in [2.45, 2.75) is 70.7 Å². The summed E-state index contributed by atoms with van der Waals surface area (Å²) in [7, 11) is 0. The van der Waals surface area contributed by atoms with Gasteiger partial charge >= 0.3 is 17.9 Å². The van der Waals surface area contributed by atoms with Gasteiger partial charge in [-0.1, -0.05) is 44.2 Å². The van der Waals surface area contributed by atoms with Crippen molar-refractivity contribution in [3.63, 3.8) is 0 Å². The van der Waals surface area contributed by atoms with Crippen molar-refractivity contribution < 1.29 is 34.1 Å². The molecule has 46 heavy (non-hydrogen) atoms. The molecule has 4 heterocycles. The van der Waals surface area contributed by atoms with Gasteiger partial charge in [-0.05, 0) is 67.6 Å². The number of ether oxygens (including phenoxy) is 2. The fourth-order valence-corrected chi connectivity index (χ4v) is 6.56. The highest BCUT2D eigenvalue weighted by Gasteiger charge is 2.50. The smallest absolute Gasteiger partial charge is 0.355 e. The Hall–Kier alpha value is -5.03. The Morgan fingerprint density at radius 1 is 1.11 bits per heavy atom. The Morgan fingerprint density at radius 2 is 1.89 bits per heavy atom. The van der Waals surface area contributed by atoms with E-state index in [2.05, 4.69) is 5.32 Å². The highest BCUT2D eigenvalue weighted by atomic mass is 16.6. The van der Waals surface area contributed by atoms with Crippen LogP contribution in [0.3, 0.4) is 0 Å². The molecule has 0 saturated heterocycles. The molecule has 0 fully saturated rings. The molecule has 6 rings (SSSR count). The molecule has 11 nitrogen and oxygen atoms in total. The average molecular weight is 626 g/mol. The van der Waals surface area contributed by atoms with E-state index in [0.29, 0.717) is 28.9 Å². The number of phenols is 1. The Labute approximate surface area is 264 Å². The summed E-state index contributed by atoms with van der Waals surface area (Å²) in [5.74, 6) is -2.28. The normalized spacial score (nSPS) is 17.1. The summed E-state index contributed by atoms with van der Waals surface area (Å²) in [5, 5.41) is 23.5. The minimum absolute atomic E-state index is 0.0430. The van der Waals surface area contributed by atoms with E-state index < -0.39 is 29.6 Å². The summed E-state index contributed by atoms with van der Waals surface area (Å²) in [6.07, 6.45) is 1.17. The number of aromatic nitrogens is 2. The van der Waals surface area contributed by atoms with Crippen LogP contribution in [0.2, 0.25) is 0 Å². The molecule has 2 unspecified atom stereocenters. The summed E-state index contributed by atoms with van der Waals surface area (Å²) in [6, 6.07) is 15.1. The van der Waals surface area contributed by atoms with Crippen molar-refractivity contribution in [1.29, 1.82) is 0 Å². The van der Waals surface area contributed by atoms with Crippen LogP contribution in [0.25, 0.3) is 22.3 Å². The maximum absolute atomic E-state index is 13.9. The number of nitrogens with zero attached hydrogens (tertiary/aromatic N) is 2. The van der Waals surface area contributed by atoms with Gasteiger partial charge in [0, 0.05) is 22.9 Å². The largest absolute Gasteiger partial charge is 0.508 e. The fourth-order valence-electron chi connectivity index (χ4n) is 6.56. The molecule has 2 aromatic carbocycles. The number of nitrogens with one attached hydrogen (secondary N) is 1. The van der Waals surface area contributed by atoms with Gasteiger partial charge in [0.15, 0.2) is 0 Å². The topological polar surface area (TPSA) is 157 Å². The summed E-state index contributed by atoms with van der Waals surface area (Å²) in [5.41, 5.74) is 2.90. The van der Waals surface area contributed by atoms with E-state index in [-0.39, 0.29) is 62.3 Å². The third kappa shape index (κ3) is 5.40. The number of benzene rings is 2. The van der Waals surface area contributed by atoms with Gasteiger partial charge in [-0.2, -0.15) is 0 Å². The van der Waals surface area contributed by atoms with Crippen LogP contribution in [0.5, 0.6) is 5.75 Å². The first-order chi connectivity index (χ1) is 22.2. The second kappa shape index (κ2) is 12.4. The van der Waals surface area contributed by atoms with Crippen LogP contribution in [-0.2, 0) is 55.5 Å². The molecule has 0 amide bonds. The minimum Gasteiger partial charge on any atom is -0.508 e. The van der Waals surface area contributed by atoms with Gasteiger partial charge in [0.1, 0.15) is 18.4 Å². The number of carbonyl (C=O) groups excluding carboxylic acids is 2. The lowest BCUT2D eigenvalue weighted by atomic mass is 9.85. The van der Waals surface area contributed by atoms with Crippen LogP contribution in [0, 0.1) is 0 Å². The van der Waals surface area contributed by atoms with Crippen LogP contribution in [-0.4, -0.2) is 50.3 Å². The highest BCUT2D eigenvalue weighted by Crippen LogP contribution is 2.42. The lowest BCUT2D eigenvalue weighted by molar-refractivity contribution is -0.189. The van der Waals surface area contributed by atoms with Crippen LogP contribution in [0.15, 0.2) is 59.4 Å². The average Bonchev–Trinajstić information content (AvgIpc) is 3.41. The molecule has 0 aliphatic carbocycles. The van der Waals surface area contributed by atoms with Crippen molar-refractivity contribution in [3.05, 3.63) is 92.8 Å². The quantitative estimate of drug-likeness (QED) is 0.145. The highest BCUT2D eigenvalue weighted by molar-refractivity contribution is 5.90. The van der Waals surface area contributed by atoms with E-state index in [0.717, 1.165) is 22.1 Å². The third-order valence-corrected chi connectivity index (χ3v) is 8.93. The van der Waals surface area contributed by atoms with Gasteiger partial charge < -0.3 is 29.6 Å². The van der Waals surface area contributed by atoms with Gasteiger partial charge in [0.2, 0.25) is 5.60 Å². The molecule has 2 aromatic heterocycles. The summed E-state index contributed by atoms with van der Waals surface area (Å²) in [4.78, 5) is 57.1. The second-order valence-corrected chi connectivity index (χ2v) is 11.7. The Balaban J connectivity index is 1.25. The molecule has 2 atom stereocenters. The van der Waals surface area contributed by atoms with Gasteiger partial charge in [-0.15, -0.1) is 0 Å². The third-order valence-electron chi connectivity index (χ3n) is 8.93. The number of carbonyl (C=O) groups is 3. The van der Waals surface area contributed by atoms with Crippen molar-refractivity contribution >= 4 is 28.8 Å². The van der Waals surface area contributed by atoms with Gasteiger partial charge in [-0.3, -0.25) is 14.4 Å². The Bertz CT molecular complexity index is 1920. The number of pyridine rings is 2. The molecule has 0 bridgehead atoms. The molecule has 2 aliphatic rings. The molecule has 11 heteroatoms. The summed E-state index contributed by atoms with van der Waals surface area (Å²) in [6.45, 7) is 3.97. The second-order valence-electron chi connectivity index (χ2n) is 11.7. The number of aliphatic carboxylic acids is 1. The van der Waals surface area contributed by atoms with Crippen molar-refractivity contribution in [2.24, 2.45) is 0 Å². The number of hydrogen-bond acceptors (Lipinski definition) is 9. The maximum atomic E-state index is 13.9. The van der Waals surface area contributed by atoms with Crippen molar-refractivity contribution in [1.82, 2.24) is 14.9 Å². The van der Waals surface area contributed by atoms with Gasteiger partial charge in [0.25, 0.3) is 5.56 Å². The number of aryl methyl sites for hydroxylation is 1. The summed E-state index contributed by atoms with van der Waals surface area (Å²) < 4.78 is 12.9. The van der Waals surface area contributed by atoms with E-state index in [1.54, 1.807) is 35.8 Å². The first kappa shape index (κ1) is 31.0. The number of hydrogen-bond donors (Lipinski definition) is 3. The molecule has 3 N–H and O–H groups in total. The predicted molar refractivity (Wildman–Crippen MR) is 168 cm³/mol. The zero-order chi connectivity index (χ0) is 32.6. The van der Waals surface area contributed by atoms with Gasteiger partial charge in [0.05, 0.1) is 29.0 Å². The number of esters is 2. The monoisotopic (exact) mass is 625 g/mol. The number of carboxylic acids is 1. The molecule has 0 spiro atoms.